The van der Waals surface area contributed by atoms with Crippen LogP contribution in [0.4, 0.5) is 0 Å². The summed E-state index contributed by atoms with van der Waals surface area (Å²) in [7, 11) is 0. The number of hydrogen-bond donors (Lipinski definition) is 1. The summed E-state index contributed by atoms with van der Waals surface area (Å²) in [6, 6.07) is 6.53. The molecule has 138 valence electrons. The lowest BCUT2D eigenvalue weighted by Crippen LogP contribution is -2.03. The predicted octanol–water partition coefficient (Wildman–Crippen LogP) is 7.26. The molecule has 0 saturated heterocycles. The molecule has 0 heterocycles. The number of hydrogen-bond acceptors (Lipinski definition) is 1. The summed E-state index contributed by atoms with van der Waals surface area (Å²) in [5, 5.41) is 9.75. The Hall–Kier alpha value is -2.80. The maximum Gasteiger partial charge on any atom is 0.111 e. The molecular formula is C26H28O. The summed E-state index contributed by atoms with van der Waals surface area (Å²) >= 11 is 0. The lowest BCUT2D eigenvalue weighted by atomic mass is 9.86. The summed E-state index contributed by atoms with van der Waals surface area (Å²) in [4.78, 5) is 0. The fraction of sp³-hybridized carbons (Fsp3) is 0.231. The average molecular weight is 357 g/mol. The highest BCUT2D eigenvalue weighted by molar-refractivity contribution is 5.78. The first-order chi connectivity index (χ1) is 13.1. The van der Waals surface area contributed by atoms with Crippen molar-refractivity contribution < 1.29 is 5.11 Å². The van der Waals surface area contributed by atoms with Gasteiger partial charge in [-0.1, -0.05) is 67.3 Å². The Morgan fingerprint density at radius 1 is 1.19 bits per heavy atom. The van der Waals surface area contributed by atoms with Gasteiger partial charge in [-0.3, -0.25) is 0 Å². The zero-order chi connectivity index (χ0) is 19.2. The molecule has 2 aliphatic carbocycles. The van der Waals surface area contributed by atoms with Gasteiger partial charge in [0.1, 0.15) is 5.76 Å². The third-order valence-corrected chi connectivity index (χ3v) is 5.20. The predicted molar refractivity (Wildman–Crippen MR) is 117 cm³/mol. The third kappa shape index (κ3) is 4.68. The molecule has 0 aliphatic heterocycles. The highest BCUT2D eigenvalue weighted by Gasteiger charge is 2.15. The molecule has 1 heteroatoms. The van der Waals surface area contributed by atoms with Crippen LogP contribution in [0.3, 0.4) is 0 Å². The zero-order valence-electron chi connectivity index (χ0n) is 16.3. The van der Waals surface area contributed by atoms with Gasteiger partial charge < -0.3 is 5.11 Å². The molecule has 1 nitrogen and oxygen atoms in total. The molecule has 1 aromatic carbocycles. The largest absolute Gasteiger partial charge is 0.508 e. The van der Waals surface area contributed by atoms with Crippen LogP contribution in [0.2, 0.25) is 0 Å². The van der Waals surface area contributed by atoms with E-state index in [-0.39, 0.29) is 5.92 Å². The second-order valence-corrected chi connectivity index (χ2v) is 7.15. The van der Waals surface area contributed by atoms with Gasteiger partial charge in [0.15, 0.2) is 0 Å². The molecule has 1 aromatic rings. The number of aliphatic hydroxyl groups is 1. The van der Waals surface area contributed by atoms with Gasteiger partial charge in [-0.05, 0) is 78.7 Å². The molecule has 0 unspecified atom stereocenters. The van der Waals surface area contributed by atoms with Crippen LogP contribution >= 0.6 is 0 Å². The summed E-state index contributed by atoms with van der Waals surface area (Å²) < 4.78 is 0. The van der Waals surface area contributed by atoms with E-state index in [1.807, 2.05) is 12.2 Å². The van der Waals surface area contributed by atoms with Gasteiger partial charge >= 0.3 is 0 Å². The molecule has 27 heavy (non-hydrogen) atoms. The normalized spacial score (nSPS) is 19.9. The molecule has 0 radical (unpaired) electrons. The minimum atomic E-state index is 0.159. The zero-order valence-corrected chi connectivity index (χ0v) is 16.3. The van der Waals surface area contributed by atoms with Crippen molar-refractivity contribution in [1.29, 1.82) is 0 Å². The Balaban J connectivity index is 1.80. The van der Waals surface area contributed by atoms with Crippen molar-refractivity contribution in [1.82, 2.24) is 0 Å². The van der Waals surface area contributed by atoms with Crippen molar-refractivity contribution in [2.24, 2.45) is 5.92 Å². The van der Waals surface area contributed by atoms with Gasteiger partial charge in [0.2, 0.25) is 0 Å². The van der Waals surface area contributed by atoms with Gasteiger partial charge in [-0.25, -0.2) is 0 Å². The quantitative estimate of drug-likeness (QED) is 0.550. The highest BCUT2D eigenvalue weighted by Crippen LogP contribution is 2.32. The van der Waals surface area contributed by atoms with E-state index in [9.17, 15) is 5.11 Å². The van der Waals surface area contributed by atoms with Gasteiger partial charge in [0.25, 0.3) is 0 Å². The van der Waals surface area contributed by atoms with E-state index in [0.717, 1.165) is 30.4 Å². The Labute approximate surface area is 163 Å². The molecule has 3 rings (SSSR count). The summed E-state index contributed by atoms with van der Waals surface area (Å²) in [6.07, 6.45) is 22.0. The van der Waals surface area contributed by atoms with E-state index in [1.54, 1.807) is 6.08 Å². The summed E-state index contributed by atoms with van der Waals surface area (Å²) in [5.74, 6) is 0.486. The maximum absolute atomic E-state index is 9.75. The van der Waals surface area contributed by atoms with Crippen molar-refractivity contribution in [3.05, 3.63) is 107 Å². The van der Waals surface area contributed by atoms with Crippen LogP contribution < -0.4 is 0 Å². The molecule has 0 bridgehead atoms. The number of aryl methyl sites for hydroxylation is 1. The number of allylic oxidation sites excluding steroid dienone is 12. The van der Waals surface area contributed by atoms with Crippen LogP contribution in [-0.2, 0) is 0 Å². The van der Waals surface area contributed by atoms with E-state index < -0.39 is 0 Å². The standard InChI is InChI=1S/C26H28O/c1-4-22(14-13-21-9-6-5-7-10-21)26-16-15-24(17-19(26)2)20(3)23-11-8-12-25(27)18-23/h4,6,8-10,12-18,23,27H,3,5,7,11H2,1-2H3/b14-13+,22-4-/t23-/m1/s1. The number of benzene rings is 1. The molecule has 0 spiro atoms. The molecule has 0 fully saturated rings. The second-order valence-electron chi connectivity index (χ2n) is 7.15. The van der Waals surface area contributed by atoms with Gasteiger partial charge in [-0.2, -0.15) is 0 Å². The SMILES string of the molecule is C=C(c1ccc(C(=C\C)/C=C/C2=CCCC=C2)c(C)c1)[C@H]1C=C(O)C=CC1. The first-order valence-corrected chi connectivity index (χ1v) is 9.67. The molecule has 1 N–H and O–H groups in total. The summed E-state index contributed by atoms with van der Waals surface area (Å²) in [5.41, 5.74) is 7.17. The number of aliphatic hydroxyl groups excluding tert-OH is 1. The van der Waals surface area contributed by atoms with Gasteiger partial charge in [0, 0.05) is 5.92 Å². The van der Waals surface area contributed by atoms with Crippen molar-refractivity contribution in [3.8, 4) is 0 Å². The smallest absolute Gasteiger partial charge is 0.111 e. The van der Waals surface area contributed by atoms with Crippen molar-refractivity contribution in [2.45, 2.75) is 33.1 Å². The average Bonchev–Trinajstić information content (AvgIpc) is 2.69. The van der Waals surface area contributed by atoms with E-state index in [2.05, 4.69) is 75.1 Å². The van der Waals surface area contributed by atoms with Crippen LogP contribution in [-0.4, -0.2) is 5.11 Å². The van der Waals surface area contributed by atoms with E-state index in [0.29, 0.717) is 5.76 Å². The fourth-order valence-corrected chi connectivity index (χ4v) is 3.59. The van der Waals surface area contributed by atoms with Crippen LogP contribution in [0.15, 0.2) is 90.8 Å². The monoisotopic (exact) mass is 356 g/mol. The lowest BCUT2D eigenvalue weighted by molar-refractivity contribution is 0.423. The molecule has 2 aliphatic rings. The molecule has 0 saturated carbocycles. The third-order valence-electron chi connectivity index (χ3n) is 5.20. The highest BCUT2D eigenvalue weighted by atomic mass is 16.3. The minimum absolute atomic E-state index is 0.159. The first kappa shape index (κ1) is 19.0. The topological polar surface area (TPSA) is 20.2 Å². The lowest BCUT2D eigenvalue weighted by Gasteiger charge is -2.19. The molecule has 0 amide bonds. The Morgan fingerprint density at radius 3 is 2.70 bits per heavy atom. The van der Waals surface area contributed by atoms with Crippen LogP contribution in [0.25, 0.3) is 11.1 Å². The van der Waals surface area contributed by atoms with E-state index >= 15 is 0 Å². The Bertz CT molecular complexity index is 900. The van der Waals surface area contributed by atoms with Crippen LogP contribution in [0, 0.1) is 12.8 Å². The molecule has 0 aromatic heterocycles. The summed E-state index contributed by atoms with van der Waals surface area (Å²) in [6.45, 7) is 8.52. The minimum Gasteiger partial charge on any atom is -0.508 e. The molecular weight excluding hydrogens is 328 g/mol. The van der Waals surface area contributed by atoms with E-state index in [4.69, 9.17) is 0 Å². The first-order valence-electron chi connectivity index (χ1n) is 9.67. The van der Waals surface area contributed by atoms with Crippen LogP contribution in [0.1, 0.15) is 42.9 Å². The molecule has 1 atom stereocenters. The van der Waals surface area contributed by atoms with Crippen molar-refractivity contribution in [3.63, 3.8) is 0 Å². The fourth-order valence-electron chi connectivity index (χ4n) is 3.59. The Kier molecular flexibility index (Phi) is 6.13. The van der Waals surface area contributed by atoms with Gasteiger partial charge in [-0.15, -0.1) is 0 Å². The van der Waals surface area contributed by atoms with Crippen LogP contribution in [0.5, 0.6) is 0 Å². The van der Waals surface area contributed by atoms with E-state index in [1.165, 1.54) is 22.3 Å². The number of rotatable bonds is 5. The Morgan fingerprint density at radius 2 is 2.04 bits per heavy atom. The van der Waals surface area contributed by atoms with Crippen molar-refractivity contribution >= 4 is 11.1 Å². The maximum atomic E-state index is 9.75. The van der Waals surface area contributed by atoms with Gasteiger partial charge in [0.05, 0.1) is 0 Å². The second kappa shape index (κ2) is 8.73. The van der Waals surface area contributed by atoms with Crippen molar-refractivity contribution in [2.75, 3.05) is 0 Å².